The van der Waals surface area contributed by atoms with Crippen molar-refractivity contribution in [3.05, 3.63) is 98.9 Å². The third-order valence-electron chi connectivity index (χ3n) is 4.38. The largest absolute Gasteiger partial charge is 0.493 e. The number of hydrogen-bond donors (Lipinski definition) is 1. The number of hydrazone groups is 1. The smallest absolute Gasteiger partial charge is 0.276 e. The average Bonchev–Trinajstić information content (AvgIpc) is 2.75. The number of ether oxygens (including phenoxy) is 1. The summed E-state index contributed by atoms with van der Waals surface area (Å²) >= 11 is 6.18. The Bertz CT molecular complexity index is 1140. The lowest BCUT2D eigenvalue weighted by Gasteiger charge is -2.09. The molecule has 0 saturated carbocycles. The van der Waals surface area contributed by atoms with Crippen molar-refractivity contribution < 1.29 is 9.53 Å². The minimum Gasteiger partial charge on any atom is -0.493 e. The Kier molecular flexibility index (Phi) is 7.62. The first-order chi connectivity index (χ1) is 14.9. The molecular formula is C24H24ClN3O3. The molecule has 0 fully saturated rings. The standard InChI is InChI=1S/C24H24ClN3O3/c1-17(2)16-31-20-9-5-7-18(13-20)14-26-27-23(29)21-10-6-12-28(24(21)30)15-19-8-3-4-11-22(19)25/h3-14,17H,15-16H2,1-2H3,(H,27,29)/b26-14-. The van der Waals surface area contributed by atoms with E-state index in [4.69, 9.17) is 16.3 Å². The molecule has 31 heavy (non-hydrogen) atoms. The van der Waals surface area contributed by atoms with Crippen LogP contribution in [0.2, 0.25) is 5.02 Å². The highest BCUT2D eigenvalue weighted by molar-refractivity contribution is 6.31. The van der Waals surface area contributed by atoms with E-state index < -0.39 is 11.5 Å². The fourth-order valence-corrected chi connectivity index (χ4v) is 3.01. The average molecular weight is 438 g/mol. The van der Waals surface area contributed by atoms with Crippen molar-refractivity contribution in [3.63, 3.8) is 0 Å². The molecule has 0 aliphatic carbocycles. The molecule has 2 aromatic carbocycles. The van der Waals surface area contributed by atoms with Crippen molar-refractivity contribution in [2.45, 2.75) is 20.4 Å². The third kappa shape index (κ3) is 6.30. The van der Waals surface area contributed by atoms with Crippen LogP contribution in [-0.4, -0.2) is 23.3 Å². The van der Waals surface area contributed by atoms with E-state index in [-0.39, 0.29) is 12.1 Å². The number of nitrogens with one attached hydrogen (secondary N) is 1. The molecule has 3 aromatic rings. The highest BCUT2D eigenvalue weighted by Gasteiger charge is 2.12. The predicted molar refractivity (Wildman–Crippen MR) is 123 cm³/mol. The van der Waals surface area contributed by atoms with E-state index in [1.54, 1.807) is 18.3 Å². The van der Waals surface area contributed by atoms with Gasteiger partial charge in [-0.05, 0) is 47.4 Å². The van der Waals surface area contributed by atoms with Gasteiger partial charge in [-0.3, -0.25) is 9.59 Å². The third-order valence-corrected chi connectivity index (χ3v) is 4.75. The molecular weight excluding hydrogens is 414 g/mol. The molecule has 1 heterocycles. The van der Waals surface area contributed by atoms with Crippen molar-refractivity contribution in [2.24, 2.45) is 11.0 Å². The van der Waals surface area contributed by atoms with Gasteiger partial charge in [0.05, 0.1) is 19.4 Å². The summed E-state index contributed by atoms with van der Waals surface area (Å²) in [6.07, 6.45) is 3.12. The molecule has 0 atom stereocenters. The van der Waals surface area contributed by atoms with Crippen molar-refractivity contribution >= 4 is 23.7 Å². The van der Waals surface area contributed by atoms with E-state index in [2.05, 4.69) is 24.4 Å². The normalized spacial score (nSPS) is 11.1. The maximum absolute atomic E-state index is 12.7. The van der Waals surface area contributed by atoms with Crippen LogP contribution >= 0.6 is 11.6 Å². The van der Waals surface area contributed by atoms with Crippen molar-refractivity contribution in [3.8, 4) is 5.75 Å². The van der Waals surface area contributed by atoms with Crippen LogP contribution in [0.15, 0.2) is 76.8 Å². The number of benzene rings is 2. The number of hydrogen-bond acceptors (Lipinski definition) is 4. The summed E-state index contributed by atoms with van der Waals surface area (Å²) in [4.78, 5) is 25.2. The lowest BCUT2D eigenvalue weighted by atomic mass is 10.2. The summed E-state index contributed by atoms with van der Waals surface area (Å²) in [6, 6.07) is 17.8. The van der Waals surface area contributed by atoms with Crippen LogP contribution in [0.5, 0.6) is 5.75 Å². The molecule has 6 nitrogen and oxygen atoms in total. The van der Waals surface area contributed by atoms with E-state index in [1.165, 1.54) is 16.8 Å². The van der Waals surface area contributed by atoms with Crippen LogP contribution in [0, 0.1) is 5.92 Å². The monoisotopic (exact) mass is 437 g/mol. The Morgan fingerprint density at radius 2 is 1.97 bits per heavy atom. The van der Waals surface area contributed by atoms with E-state index >= 15 is 0 Å². The van der Waals surface area contributed by atoms with Gasteiger partial charge in [-0.25, -0.2) is 5.43 Å². The molecule has 0 saturated heterocycles. The summed E-state index contributed by atoms with van der Waals surface area (Å²) in [6.45, 7) is 5.04. The van der Waals surface area contributed by atoms with Crippen molar-refractivity contribution in [1.82, 2.24) is 9.99 Å². The highest BCUT2D eigenvalue weighted by Crippen LogP contribution is 2.15. The molecule has 160 valence electrons. The highest BCUT2D eigenvalue weighted by atomic mass is 35.5. The van der Waals surface area contributed by atoms with Gasteiger partial charge in [-0.1, -0.05) is 55.8 Å². The molecule has 0 bridgehead atoms. The van der Waals surface area contributed by atoms with Crippen LogP contribution in [0.1, 0.15) is 35.3 Å². The van der Waals surface area contributed by atoms with Gasteiger partial charge < -0.3 is 9.30 Å². The van der Waals surface area contributed by atoms with Gasteiger partial charge in [0.2, 0.25) is 0 Å². The summed E-state index contributed by atoms with van der Waals surface area (Å²) in [5.41, 5.74) is 3.56. The van der Waals surface area contributed by atoms with Crippen LogP contribution < -0.4 is 15.7 Å². The summed E-state index contributed by atoms with van der Waals surface area (Å²) in [5, 5.41) is 4.54. The first kappa shape index (κ1) is 22.3. The summed E-state index contributed by atoms with van der Waals surface area (Å²) in [7, 11) is 0. The molecule has 1 amide bonds. The summed E-state index contributed by atoms with van der Waals surface area (Å²) in [5.74, 6) is 0.570. The number of halogens is 1. The second-order valence-electron chi connectivity index (χ2n) is 7.42. The van der Waals surface area contributed by atoms with Gasteiger partial charge >= 0.3 is 0 Å². The Balaban J connectivity index is 1.68. The lowest BCUT2D eigenvalue weighted by molar-refractivity contribution is 0.0953. The van der Waals surface area contributed by atoms with Gasteiger partial charge in [0, 0.05) is 11.2 Å². The van der Waals surface area contributed by atoms with Gasteiger partial charge in [0.15, 0.2) is 0 Å². The number of pyridine rings is 1. The Morgan fingerprint density at radius 1 is 1.16 bits per heavy atom. The molecule has 3 rings (SSSR count). The minimum absolute atomic E-state index is 0.000668. The maximum atomic E-state index is 12.7. The van der Waals surface area contributed by atoms with Gasteiger partial charge in [-0.2, -0.15) is 5.10 Å². The first-order valence-electron chi connectivity index (χ1n) is 9.93. The number of carbonyl (C=O) groups excluding carboxylic acids is 1. The second-order valence-corrected chi connectivity index (χ2v) is 7.83. The van der Waals surface area contributed by atoms with Gasteiger partial charge in [0.25, 0.3) is 11.5 Å². The van der Waals surface area contributed by atoms with Crippen LogP contribution in [0.25, 0.3) is 0 Å². The van der Waals surface area contributed by atoms with E-state index in [9.17, 15) is 9.59 Å². The van der Waals surface area contributed by atoms with Crippen molar-refractivity contribution in [1.29, 1.82) is 0 Å². The van der Waals surface area contributed by atoms with Crippen LogP contribution in [0.3, 0.4) is 0 Å². The quantitative estimate of drug-likeness (QED) is 0.420. The van der Waals surface area contributed by atoms with Gasteiger partial charge in [0.1, 0.15) is 11.3 Å². The minimum atomic E-state index is -0.582. The number of aromatic nitrogens is 1. The topological polar surface area (TPSA) is 72.7 Å². The number of carbonyl (C=O) groups is 1. The Morgan fingerprint density at radius 3 is 2.74 bits per heavy atom. The molecule has 7 heteroatoms. The molecule has 0 radical (unpaired) electrons. The van der Waals surface area contributed by atoms with Gasteiger partial charge in [-0.15, -0.1) is 0 Å². The molecule has 0 aliphatic heterocycles. The molecule has 0 spiro atoms. The molecule has 0 unspecified atom stereocenters. The first-order valence-corrected chi connectivity index (χ1v) is 10.3. The van der Waals surface area contributed by atoms with E-state index in [0.29, 0.717) is 17.5 Å². The maximum Gasteiger partial charge on any atom is 0.276 e. The zero-order chi connectivity index (χ0) is 22.2. The fourth-order valence-electron chi connectivity index (χ4n) is 2.82. The van der Waals surface area contributed by atoms with Crippen molar-refractivity contribution in [2.75, 3.05) is 6.61 Å². The second kappa shape index (κ2) is 10.6. The zero-order valence-corrected chi connectivity index (χ0v) is 18.2. The van der Waals surface area contributed by atoms with E-state index in [1.807, 2.05) is 42.5 Å². The molecule has 0 aliphatic rings. The number of nitrogens with zero attached hydrogens (tertiary/aromatic N) is 2. The van der Waals surface area contributed by atoms with Crippen LogP contribution in [-0.2, 0) is 6.54 Å². The fraction of sp³-hybridized carbons (Fsp3) is 0.208. The summed E-state index contributed by atoms with van der Waals surface area (Å²) < 4.78 is 7.13. The Hall–Kier alpha value is -3.38. The number of amides is 1. The zero-order valence-electron chi connectivity index (χ0n) is 17.4. The van der Waals surface area contributed by atoms with E-state index in [0.717, 1.165) is 16.9 Å². The molecule has 1 aromatic heterocycles. The predicted octanol–water partition coefficient (Wildman–Crippen LogP) is 4.35. The molecule has 1 N–H and O–H groups in total. The SMILES string of the molecule is CC(C)COc1cccc(/C=N\NC(=O)c2cccn(Cc3ccccc3Cl)c2=O)c1. The Labute approximate surface area is 186 Å². The number of rotatable bonds is 8. The lowest BCUT2D eigenvalue weighted by Crippen LogP contribution is -2.31. The van der Waals surface area contributed by atoms with Crippen LogP contribution in [0.4, 0.5) is 0 Å².